The molecule has 0 rings (SSSR count). The molecule has 0 fully saturated rings. The lowest BCUT2D eigenvalue weighted by atomic mass is 9.99. The average molecular weight is 302 g/mol. The van der Waals surface area contributed by atoms with Crippen LogP contribution < -0.4 is 0 Å². The molecular weight excluding hydrogens is 272 g/mol. The Morgan fingerprint density at radius 2 is 1.86 bits per heavy atom. The number of allylic oxidation sites excluding steroid dienone is 1. The number of hydrogen-bond donors (Lipinski definition) is 2. The Kier molecular flexibility index (Phi) is 11.1. The van der Waals surface area contributed by atoms with Crippen molar-refractivity contribution in [1.82, 2.24) is 0 Å². The standard InChI is InChI=1S/C14H24O5.C2H6/c1-7-9(2)8-11(19-14(4,5)17)12(15)10(3)13(16)18-6;1-2/h7,11-12,15,17H,3,8H2,1-2,4-6H3;1-2H3/b9-7-;/t11-,12?;/m1./s1. The highest BCUT2D eigenvalue weighted by molar-refractivity contribution is 5.88. The summed E-state index contributed by atoms with van der Waals surface area (Å²) in [7, 11) is 1.21. The van der Waals surface area contributed by atoms with Crippen molar-refractivity contribution < 1.29 is 24.5 Å². The third kappa shape index (κ3) is 9.39. The van der Waals surface area contributed by atoms with Crippen molar-refractivity contribution in [2.75, 3.05) is 7.11 Å². The molecule has 0 saturated carbocycles. The van der Waals surface area contributed by atoms with Crippen molar-refractivity contribution in [3.63, 3.8) is 0 Å². The molecule has 0 aromatic rings. The van der Waals surface area contributed by atoms with Crippen LogP contribution >= 0.6 is 0 Å². The first-order valence-corrected chi connectivity index (χ1v) is 7.09. The average Bonchev–Trinajstić information content (AvgIpc) is 2.44. The van der Waals surface area contributed by atoms with Crippen molar-refractivity contribution in [2.24, 2.45) is 0 Å². The van der Waals surface area contributed by atoms with E-state index in [2.05, 4.69) is 11.3 Å². The van der Waals surface area contributed by atoms with Gasteiger partial charge in [0.05, 0.1) is 18.8 Å². The van der Waals surface area contributed by atoms with E-state index in [9.17, 15) is 15.0 Å². The van der Waals surface area contributed by atoms with Crippen molar-refractivity contribution in [1.29, 1.82) is 0 Å². The summed E-state index contributed by atoms with van der Waals surface area (Å²) in [4.78, 5) is 11.4. The molecule has 0 saturated heterocycles. The smallest absolute Gasteiger partial charge is 0.335 e. The molecule has 0 amide bonds. The van der Waals surface area contributed by atoms with E-state index in [0.29, 0.717) is 6.42 Å². The number of hydrogen-bond acceptors (Lipinski definition) is 5. The highest BCUT2D eigenvalue weighted by Gasteiger charge is 2.31. The minimum atomic E-state index is -1.42. The minimum absolute atomic E-state index is 0.0966. The van der Waals surface area contributed by atoms with Crippen molar-refractivity contribution in [3.05, 3.63) is 23.8 Å². The first kappa shape index (κ1) is 22.1. The van der Waals surface area contributed by atoms with E-state index in [4.69, 9.17) is 4.74 Å². The van der Waals surface area contributed by atoms with Crippen molar-refractivity contribution in [2.45, 2.75) is 66.0 Å². The lowest BCUT2D eigenvalue weighted by Crippen LogP contribution is -2.40. The first-order chi connectivity index (χ1) is 9.62. The van der Waals surface area contributed by atoms with E-state index in [1.807, 2.05) is 33.8 Å². The second-order valence-corrected chi connectivity index (χ2v) is 4.90. The van der Waals surface area contributed by atoms with Gasteiger partial charge in [0.1, 0.15) is 6.10 Å². The van der Waals surface area contributed by atoms with Gasteiger partial charge in [-0.25, -0.2) is 4.79 Å². The lowest BCUT2D eigenvalue weighted by molar-refractivity contribution is -0.221. The minimum Gasteiger partial charge on any atom is -0.466 e. The summed E-state index contributed by atoms with van der Waals surface area (Å²) in [5.41, 5.74) is 0.867. The fourth-order valence-corrected chi connectivity index (χ4v) is 1.50. The SMILES string of the molecule is C=C(C(=O)OC)C(O)[C@@H](C/C(C)=C\C)OC(C)(C)O.CC. The Morgan fingerprint density at radius 3 is 2.19 bits per heavy atom. The Bertz CT molecular complexity index is 352. The number of methoxy groups -OCH3 is 1. The van der Waals surface area contributed by atoms with Crippen molar-refractivity contribution >= 4 is 5.97 Å². The van der Waals surface area contributed by atoms with Gasteiger partial charge in [0, 0.05) is 0 Å². The van der Waals surface area contributed by atoms with E-state index in [0.717, 1.165) is 5.57 Å². The fourth-order valence-electron chi connectivity index (χ4n) is 1.50. The molecule has 0 aliphatic rings. The summed E-state index contributed by atoms with van der Waals surface area (Å²) < 4.78 is 9.90. The molecule has 0 radical (unpaired) electrons. The highest BCUT2D eigenvalue weighted by Crippen LogP contribution is 2.21. The zero-order chi connectivity index (χ0) is 17.2. The molecular formula is C16H30O5. The Balaban J connectivity index is 0. The van der Waals surface area contributed by atoms with E-state index in [1.165, 1.54) is 21.0 Å². The molecule has 0 bridgehead atoms. The molecule has 5 nitrogen and oxygen atoms in total. The number of esters is 1. The van der Waals surface area contributed by atoms with E-state index in [-0.39, 0.29) is 5.57 Å². The van der Waals surface area contributed by atoms with Crippen LogP contribution in [0.3, 0.4) is 0 Å². The predicted molar refractivity (Wildman–Crippen MR) is 83.7 cm³/mol. The van der Waals surface area contributed by atoms with Crippen LogP contribution in [0.4, 0.5) is 0 Å². The number of carbonyl (C=O) groups is 1. The summed E-state index contributed by atoms with van der Waals surface area (Å²) in [5, 5.41) is 19.8. The van der Waals surface area contributed by atoms with Crippen LogP contribution in [0.5, 0.6) is 0 Å². The summed E-state index contributed by atoms with van der Waals surface area (Å²) in [6.07, 6.45) is 0.225. The maximum Gasteiger partial charge on any atom is 0.335 e. The molecule has 21 heavy (non-hydrogen) atoms. The maximum absolute atomic E-state index is 11.4. The second-order valence-electron chi connectivity index (χ2n) is 4.90. The molecule has 5 heteroatoms. The number of ether oxygens (including phenoxy) is 2. The summed E-state index contributed by atoms with van der Waals surface area (Å²) in [6, 6.07) is 0. The lowest BCUT2D eigenvalue weighted by Gasteiger charge is -2.30. The van der Waals surface area contributed by atoms with Crippen LogP contribution in [-0.4, -0.2) is 41.3 Å². The van der Waals surface area contributed by atoms with E-state index < -0.39 is 24.0 Å². The third-order valence-electron chi connectivity index (χ3n) is 2.61. The van der Waals surface area contributed by atoms with Gasteiger partial charge in [0.25, 0.3) is 0 Å². The van der Waals surface area contributed by atoms with Crippen molar-refractivity contribution in [3.8, 4) is 0 Å². The molecule has 0 aromatic carbocycles. The Labute approximate surface area is 128 Å². The largest absolute Gasteiger partial charge is 0.466 e. The zero-order valence-electron chi connectivity index (χ0n) is 14.3. The normalized spacial score (nSPS) is 14.6. The molecule has 2 atom stereocenters. The summed E-state index contributed by atoms with van der Waals surface area (Å²) in [6.45, 7) is 14.1. The summed E-state index contributed by atoms with van der Waals surface area (Å²) in [5.74, 6) is -2.12. The molecule has 124 valence electrons. The monoisotopic (exact) mass is 302 g/mol. The van der Waals surface area contributed by atoms with Gasteiger partial charge < -0.3 is 19.7 Å². The van der Waals surface area contributed by atoms with Crippen LogP contribution in [0.25, 0.3) is 0 Å². The zero-order valence-corrected chi connectivity index (χ0v) is 14.3. The van der Waals surface area contributed by atoms with Gasteiger partial charge in [-0.1, -0.05) is 32.1 Å². The number of rotatable bonds is 7. The Hall–Kier alpha value is -1.17. The fraction of sp³-hybridized carbons (Fsp3) is 0.688. The van der Waals surface area contributed by atoms with Gasteiger partial charge >= 0.3 is 5.97 Å². The predicted octanol–water partition coefficient (Wildman–Crippen LogP) is 2.57. The molecule has 0 heterocycles. The van der Waals surface area contributed by atoms with Crippen LogP contribution in [0.15, 0.2) is 23.8 Å². The van der Waals surface area contributed by atoms with Gasteiger partial charge in [-0.15, -0.1) is 0 Å². The molecule has 2 N–H and O–H groups in total. The number of aliphatic hydroxyl groups excluding tert-OH is 1. The van der Waals surface area contributed by atoms with Crippen LogP contribution in [0, 0.1) is 0 Å². The van der Waals surface area contributed by atoms with Crippen LogP contribution in [0.2, 0.25) is 0 Å². The van der Waals surface area contributed by atoms with Gasteiger partial charge in [0.2, 0.25) is 0 Å². The molecule has 0 aliphatic heterocycles. The molecule has 0 aliphatic carbocycles. The quantitative estimate of drug-likeness (QED) is 0.327. The van der Waals surface area contributed by atoms with Crippen LogP contribution in [-0.2, 0) is 14.3 Å². The summed E-state index contributed by atoms with van der Waals surface area (Å²) >= 11 is 0. The van der Waals surface area contributed by atoms with E-state index in [1.54, 1.807) is 0 Å². The van der Waals surface area contributed by atoms with E-state index >= 15 is 0 Å². The van der Waals surface area contributed by atoms with Gasteiger partial charge in [-0.05, 0) is 34.1 Å². The second kappa shape index (κ2) is 10.5. The Morgan fingerprint density at radius 1 is 1.38 bits per heavy atom. The molecule has 0 aromatic heterocycles. The number of aliphatic hydroxyl groups is 2. The highest BCUT2D eigenvalue weighted by atomic mass is 16.6. The van der Waals surface area contributed by atoms with Gasteiger partial charge in [0.15, 0.2) is 5.79 Å². The molecule has 0 spiro atoms. The first-order valence-electron chi connectivity index (χ1n) is 7.09. The molecule has 1 unspecified atom stereocenters. The van der Waals surface area contributed by atoms with Crippen LogP contribution in [0.1, 0.15) is 48.0 Å². The third-order valence-corrected chi connectivity index (χ3v) is 2.61. The number of carbonyl (C=O) groups excluding carboxylic acids is 1. The van der Waals surface area contributed by atoms with Gasteiger partial charge in [-0.3, -0.25) is 0 Å². The topological polar surface area (TPSA) is 76.0 Å². The van der Waals surface area contributed by atoms with Gasteiger partial charge in [-0.2, -0.15) is 0 Å². The maximum atomic E-state index is 11.4.